The van der Waals surface area contributed by atoms with Crippen molar-refractivity contribution in [3.8, 4) is 0 Å². The monoisotopic (exact) mass is 250 g/mol. The predicted octanol–water partition coefficient (Wildman–Crippen LogP) is 2.22. The number of halogens is 1. The Morgan fingerprint density at radius 2 is 2.30 bits per heavy atom. The summed E-state index contributed by atoms with van der Waals surface area (Å²) in [5.41, 5.74) is 2.39. The zero-order valence-electron chi connectivity index (χ0n) is 6.43. The zero-order valence-corrected chi connectivity index (χ0v) is 8.58. The third-order valence-corrected chi connectivity index (χ3v) is 2.18. The molecule has 1 aromatic heterocycles. The third kappa shape index (κ3) is 1.51. The lowest BCUT2D eigenvalue weighted by atomic mass is 10.3. The second-order valence-corrected chi connectivity index (χ2v) is 4.32. The molecule has 0 N–H and O–H groups in total. The molecule has 0 amide bonds. The molecule has 0 saturated carbocycles. The summed E-state index contributed by atoms with van der Waals surface area (Å²) < 4.78 is 2.42. The number of rotatable bonds is 1. The lowest BCUT2D eigenvalue weighted by Gasteiger charge is -1.93. The molecule has 0 radical (unpaired) electrons. The van der Waals surface area contributed by atoms with Crippen LogP contribution in [0.1, 0.15) is 22.2 Å². The van der Waals surface area contributed by atoms with E-state index in [0.29, 0.717) is 3.92 Å². The van der Waals surface area contributed by atoms with Crippen molar-refractivity contribution < 1.29 is 0 Å². The first-order valence-electron chi connectivity index (χ1n) is 3.26. The molecule has 1 atom stereocenters. The topological polar surface area (TPSA) is 17.8 Å². The Bertz CT molecular complexity index is 208. The van der Waals surface area contributed by atoms with Crippen molar-refractivity contribution in [1.82, 2.24) is 9.78 Å². The molecule has 1 unspecified atom stereocenters. The fourth-order valence-corrected chi connectivity index (χ4v) is 1.09. The predicted molar refractivity (Wildman–Crippen MR) is 50.4 cm³/mol. The van der Waals surface area contributed by atoms with E-state index in [1.807, 2.05) is 11.7 Å². The molecule has 0 spiro atoms. The van der Waals surface area contributed by atoms with Crippen LogP contribution in [0, 0.1) is 6.92 Å². The van der Waals surface area contributed by atoms with E-state index in [1.165, 1.54) is 11.4 Å². The molecule has 56 valence electrons. The van der Waals surface area contributed by atoms with Gasteiger partial charge in [-0.15, -0.1) is 0 Å². The Hall–Kier alpha value is -0.0600. The molecule has 1 aromatic rings. The van der Waals surface area contributed by atoms with Gasteiger partial charge in [0, 0.05) is 12.7 Å². The molecule has 2 nitrogen and oxygen atoms in total. The highest BCUT2D eigenvalue weighted by molar-refractivity contribution is 14.1. The Kier molecular flexibility index (Phi) is 2.33. The van der Waals surface area contributed by atoms with Gasteiger partial charge in [0.15, 0.2) is 0 Å². The van der Waals surface area contributed by atoms with Crippen LogP contribution in [0.3, 0.4) is 0 Å². The molecular weight excluding hydrogens is 239 g/mol. The lowest BCUT2D eigenvalue weighted by Crippen LogP contribution is -1.93. The summed E-state index contributed by atoms with van der Waals surface area (Å²) in [4.78, 5) is 0. The molecule has 0 saturated heterocycles. The fourth-order valence-electron chi connectivity index (χ4n) is 0.783. The number of hydrogen-bond acceptors (Lipinski definition) is 1. The van der Waals surface area contributed by atoms with Crippen LogP contribution >= 0.6 is 22.6 Å². The fraction of sp³-hybridized carbons (Fsp3) is 0.571. The quantitative estimate of drug-likeness (QED) is 0.552. The summed E-state index contributed by atoms with van der Waals surface area (Å²) in [6.45, 7) is 4.21. The van der Waals surface area contributed by atoms with Crippen LogP contribution in [0.5, 0.6) is 0 Å². The van der Waals surface area contributed by atoms with Gasteiger partial charge in [-0.05, 0) is 19.9 Å². The summed E-state index contributed by atoms with van der Waals surface area (Å²) >= 11 is 2.36. The van der Waals surface area contributed by atoms with E-state index in [9.17, 15) is 0 Å². The first-order chi connectivity index (χ1) is 4.61. The summed E-state index contributed by atoms with van der Waals surface area (Å²) in [6, 6.07) is 2.12. The van der Waals surface area contributed by atoms with E-state index in [1.54, 1.807) is 0 Å². The van der Waals surface area contributed by atoms with Gasteiger partial charge in [0.05, 0.1) is 9.62 Å². The Balaban J connectivity index is 2.98. The average molecular weight is 250 g/mol. The number of alkyl halides is 1. The highest BCUT2D eigenvalue weighted by Gasteiger charge is 2.04. The standard InChI is InChI=1S/C7H11IN2/c1-5-4-7(6(2)8)9-10(5)3/h4,6H,1-3H3. The molecule has 1 heterocycles. The number of aromatic nitrogens is 2. The minimum atomic E-state index is 0.512. The molecule has 3 heteroatoms. The van der Waals surface area contributed by atoms with E-state index in [2.05, 4.69) is 47.6 Å². The number of nitrogens with zero attached hydrogens (tertiary/aromatic N) is 2. The maximum atomic E-state index is 4.32. The summed E-state index contributed by atoms with van der Waals surface area (Å²) in [7, 11) is 1.97. The van der Waals surface area contributed by atoms with Crippen molar-refractivity contribution in [3.05, 3.63) is 17.5 Å². The first kappa shape index (κ1) is 8.04. The normalized spacial score (nSPS) is 13.6. The molecule has 0 aliphatic heterocycles. The van der Waals surface area contributed by atoms with Crippen molar-refractivity contribution in [1.29, 1.82) is 0 Å². The van der Waals surface area contributed by atoms with E-state index < -0.39 is 0 Å². The van der Waals surface area contributed by atoms with Gasteiger partial charge in [-0.1, -0.05) is 22.6 Å². The van der Waals surface area contributed by atoms with Crippen LogP contribution in [-0.2, 0) is 7.05 Å². The highest BCUT2D eigenvalue weighted by atomic mass is 127. The Labute approximate surface area is 74.8 Å². The molecule has 0 fully saturated rings. The number of hydrogen-bond donors (Lipinski definition) is 0. The third-order valence-electron chi connectivity index (χ3n) is 1.54. The largest absolute Gasteiger partial charge is 0.273 e. The van der Waals surface area contributed by atoms with Crippen molar-refractivity contribution in [2.24, 2.45) is 7.05 Å². The van der Waals surface area contributed by atoms with Gasteiger partial charge in [0.2, 0.25) is 0 Å². The molecule has 0 aromatic carbocycles. The van der Waals surface area contributed by atoms with Crippen LogP contribution in [0.4, 0.5) is 0 Å². The van der Waals surface area contributed by atoms with Crippen molar-refractivity contribution in [2.45, 2.75) is 17.8 Å². The van der Waals surface area contributed by atoms with E-state index in [-0.39, 0.29) is 0 Å². The van der Waals surface area contributed by atoms with Crippen LogP contribution in [-0.4, -0.2) is 9.78 Å². The minimum Gasteiger partial charge on any atom is -0.273 e. The van der Waals surface area contributed by atoms with Crippen LogP contribution in [0.15, 0.2) is 6.07 Å². The maximum Gasteiger partial charge on any atom is 0.0752 e. The lowest BCUT2D eigenvalue weighted by molar-refractivity contribution is 0.723. The van der Waals surface area contributed by atoms with Crippen molar-refractivity contribution in [2.75, 3.05) is 0 Å². The average Bonchev–Trinajstić information content (AvgIpc) is 2.13. The minimum absolute atomic E-state index is 0.512. The van der Waals surface area contributed by atoms with Crippen LogP contribution in [0.2, 0.25) is 0 Å². The van der Waals surface area contributed by atoms with Gasteiger partial charge in [-0.25, -0.2) is 0 Å². The zero-order chi connectivity index (χ0) is 7.72. The summed E-state index contributed by atoms with van der Waals surface area (Å²) in [5.74, 6) is 0. The second-order valence-electron chi connectivity index (χ2n) is 2.45. The van der Waals surface area contributed by atoms with E-state index in [4.69, 9.17) is 0 Å². The molecule has 1 rings (SSSR count). The first-order valence-corrected chi connectivity index (χ1v) is 4.50. The van der Waals surface area contributed by atoms with Gasteiger partial charge in [0.25, 0.3) is 0 Å². The van der Waals surface area contributed by atoms with E-state index >= 15 is 0 Å². The van der Waals surface area contributed by atoms with Crippen LogP contribution in [0.25, 0.3) is 0 Å². The maximum absolute atomic E-state index is 4.32. The molecule has 10 heavy (non-hydrogen) atoms. The van der Waals surface area contributed by atoms with Crippen molar-refractivity contribution >= 4 is 22.6 Å². The highest BCUT2D eigenvalue weighted by Crippen LogP contribution is 2.20. The molecule has 0 bridgehead atoms. The van der Waals surface area contributed by atoms with Gasteiger partial charge in [0.1, 0.15) is 0 Å². The van der Waals surface area contributed by atoms with E-state index in [0.717, 1.165) is 0 Å². The Morgan fingerprint density at radius 3 is 2.50 bits per heavy atom. The van der Waals surface area contributed by atoms with Gasteiger partial charge in [-0.2, -0.15) is 5.10 Å². The smallest absolute Gasteiger partial charge is 0.0752 e. The van der Waals surface area contributed by atoms with Crippen molar-refractivity contribution in [3.63, 3.8) is 0 Å². The van der Waals surface area contributed by atoms with Crippen LogP contribution < -0.4 is 0 Å². The SMILES string of the molecule is Cc1cc(C(C)I)nn1C. The summed E-state index contributed by atoms with van der Waals surface area (Å²) in [5, 5.41) is 4.32. The molecule has 0 aliphatic carbocycles. The van der Waals surface area contributed by atoms with Gasteiger partial charge >= 0.3 is 0 Å². The van der Waals surface area contributed by atoms with Gasteiger partial charge < -0.3 is 0 Å². The summed E-state index contributed by atoms with van der Waals surface area (Å²) in [6.07, 6.45) is 0. The number of aryl methyl sites for hydroxylation is 2. The second kappa shape index (κ2) is 2.90. The Morgan fingerprint density at radius 1 is 1.70 bits per heavy atom. The molecule has 0 aliphatic rings. The van der Waals surface area contributed by atoms with Gasteiger partial charge in [-0.3, -0.25) is 4.68 Å². The molecular formula is C7H11IN2.